The van der Waals surface area contributed by atoms with Crippen LogP contribution in [0.15, 0.2) is 36.7 Å². The molecule has 0 bridgehead atoms. The predicted octanol–water partition coefficient (Wildman–Crippen LogP) is 4.16. The molecule has 0 aliphatic rings. The Bertz CT molecular complexity index is 820. The Balaban J connectivity index is 0.00000109. The summed E-state index contributed by atoms with van der Waals surface area (Å²) in [6, 6.07) is 7.85. The summed E-state index contributed by atoms with van der Waals surface area (Å²) in [6.07, 6.45) is 5.25. The normalized spacial score (nSPS) is 10.1. The Morgan fingerprint density at radius 3 is 2.40 bits per heavy atom. The maximum Gasteiger partial charge on any atom is 0.187 e. The zero-order valence-electron chi connectivity index (χ0n) is 15.5. The van der Waals surface area contributed by atoms with Crippen molar-refractivity contribution in [3.8, 4) is 11.5 Å². The van der Waals surface area contributed by atoms with Crippen LogP contribution >= 0.6 is 0 Å². The van der Waals surface area contributed by atoms with Crippen molar-refractivity contribution in [2.75, 3.05) is 14.2 Å². The molecule has 0 radical (unpaired) electrons. The summed E-state index contributed by atoms with van der Waals surface area (Å²) < 4.78 is 10.9. The average molecular weight is 339 g/mol. The summed E-state index contributed by atoms with van der Waals surface area (Å²) in [7, 11) is 3.26. The lowest BCUT2D eigenvalue weighted by Gasteiger charge is -2.12. The largest absolute Gasteiger partial charge is 0.493 e. The molecule has 25 heavy (non-hydrogen) atoms. The van der Waals surface area contributed by atoms with E-state index in [2.05, 4.69) is 16.0 Å². The monoisotopic (exact) mass is 339 g/mol. The van der Waals surface area contributed by atoms with Crippen molar-refractivity contribution in [3.63, 3.8) is 0 Å². The molecule has 132 valence electrons. The van der Waals surface area contributed by atoms with Crippen LogP contribution in [0.1, 0.15) is 30.9 Å². The number of benzene rings is 1. The van der Waals surface area contributed by atoms with E-state index in [-0.39, 0.29) is 0 Å². The highest BCUT2D eigenvalue weighted by atomic mass is 16.5. The number of fused-ring (bicyclic) bond motifs is 1. The van der Waals surface area contributed by atoms with E-state index in [1.165, 1.54) is 5.56 Å². The molecule has 0 aliphatic heterocycles. The van der Waals surface area contributed by atoms with Gasteiger partial charge in [0, 0.05) is 29.9 Å². The number of hydrogen-bond acceptors (Lipinski definition) is 5. The van der Waals surface area contributed by atoms with Gasteiger partial charge in [0.2, 0.25) is 0 Å². The lowest BCUT2D eigenvalue weighted by molar-refractivity contribution is 0.358. The number of rotatable bonds is 5. The Kier molecular flexibility index (Phi) is 6.69. The molecule has 3 rings (SSSR count). The van der Waals surface area contributed by atoms with Crippen molar-refractivity contribution >= 4 is 10.9 Å². The van der Waals surface area contributed by atoms with E-state index in [0.29, 0.717) is 11.5 Å². The van der Waals surface area contributed by atoms with Crippen LogP contribution in [-0.2, 0) is 12.8 Å². The molecule has 2 heterocycles. The van der Waals surface area contributed by atoms with Crippen LogP contribution < -0.4 is 9.47 Å². The molecule has 0 fully saturated rings. The smallest absolute Gasteiger partial charge is 0.187 e. The van der Waals surface area contributed by atoms with Crippen molar-refractivity contribution in [1.29, 1.82) is 0 Å². The summed E-state index contributed by atoms with van der Waals surface area (Å²) >= 11 is 0. The van der Waals surface area contributed by atoms with Gasteiger partial charge in [0.05, 0.1) is 14.2 Å². The van der Waals surface area contributed by atoms with Gasteiger partial charge < -0.3 is 9.47 Å². The fourth-order valence-electron chi connectivity index (χ4n) is 2.64. The van der Waals surface area contributed by atoms with E-state index in [9.17, 15) is 0 Å². The van der Waals surface area contributed by atoms with Crippen LogP contribution in [0.25, 0.3) is 10.9 Å². The summed E-state index contributed by atoms with van der Waals surface area (Å²) in [5.41, 5.74) is 2.91. The van der Waals surface area contributed by atoms with Crippen molar-refractivity contribution < 1.29 is 9.47 Å². The Hall–Kier alpha value is -2.69. The van der Waals surface area contributed by atoms with Crippen molar-refractivity contribution in [2.24, 2.45) is 0 Å². The van der Waals surface area contributed by atoms with Crippen LogP contribution in [-0.4, -0.2) is 29.2 Å². The molecule has 0 atom stereocenters. The van der Waals surface area contributed by atoms with Crippen LogP contribution in [0.4, 0.5) is 0 Å². The minimum absolute atomic E-state index is 0.651. The molecule has 0 amide bonds. The minimum atomic E-state index is 0.651. The number of aromatic nitrogens is 3. The van der Waals surface area contributed by atoms with Crippen LogP contribution in [0.5, 0.6) is 11.5 Å². The first-order chi connectivity index (χ1) is 12.2. The van der Waals surface area contributed by atoms with Crippen molar-refractivity contribution in [1.82, 2.24) is 15.0 Å². The second kappa shape index (κ2) is 8.97. The summed E-state index contributed by atoms with van der Waals surface area (Å²) in [5.74, 6) is 2.12. The third kappa shape index (κ3) is 4.24. The molecule has 5 heteroatoms. The Labute approximate surface area is 149 Å². The highest BCUT2D eigenvalue weighted by Gasteiger charge is 2.14. The lowest BCUT2D eigenvalue weighted by atomic mass is 10.1. The minimum Gasteiger partial charge on any atom is -0.493 e. The molecular weight excluding hydrogens is 314 g/mol. The topological polar surface area (TPSA) is 57.1 Å². The van der Waals surface area contributed by atoms with E-state index in [4.69, 9.17) is 14.5 Å². The van der Waals surface area contributed by atoms with E-state index in [0.717, 1.165) is 35.3 Å². The highest BCUT2D eigenvalue weighted by Crippen LogP contribution is 2.34. The van der Waals surface area contributed by atoms with Crippen LogP contribution in [0.2, 0.25) is 0 Å². The summed E-state index contributed by atoms with van der Waals surface area (Å²) in [4.78, 5) is 13.5. The molecule has 5 nitrogen and oxygen atoms in total. The first-order valence-corrected chi connectivity index (χ1v) is 8.50. The third-order valence-corrected chi connectivity index (χ3v) is 3.81. The van der Waals surface area contributed by atoms with E-state index >= 15 is 0 Å². The third-order valence-electron chi connectivity index (χ3n) is 3.81. The molecule has 0 aliphatic carbocycles. The Morgan fingerprint density at radius 1 is 0.960 bits per heavy atom. The van der Waals surface area contributed by atoms with Gasteiger partial charge in [-0.1, -0.05) is 19.9 Å². The quantitative estimate of drug-likeness (QED) is 0.698. The fourth-order valence-corrected chi connectivity index (χ4v) is 2.64. The molecular formula is C20H25N3O2. The zero-order chi connectivity index (χ0) is 18.2. The highest BCUT2D eigenvalue weighted by molar-refractivity contribution is 5.88. The maximum atomic E-state index is 5.50. The number of hydrogen-bond donors (Lipinski definition) is 0. The second-order valence-corrected chi connectivity index (χ2v) is 5.28. The van der Waals surface area contributed by atoms with Gasteiger partial charge in [-0.2, -0.15) is 0 Å². The van der Waals surface area contributed by atoms with Gasteiger partial charge in [0.1, 0.15) is 11.3 Å². The first-order valence-electron chi connectivity index (χ1n) is 8.50. The van der Waals surface area contributed by atoms with Crippen molar-refractivity contribution in [2.45, 2.75) is 33.6 Å². The number of ether oxygens (including phenoxy) is 2. The number of aryl methyl sites for hydroxylation is 3. The van der Waals surface area contributed by atoms with Gasteiger partial charge in [-0.05, 0) is 37.1 Å². The van der Waals surface area contributed by atoms with Gasteiger partial charge in [0.15, 0.2) is 11.5 Å². The van der Waals surface area contributed by atoms with Gasteiger partial charge >= 0.3 is 0 Å². The van der Waals surface area contributed by atoms with Crippen LogP contribution in [0, 0.1) is 6.92 Å². The number of pyridine rings is 1. The zero-order valence-corrected chi connectivity index (χ0v) is 15.5. The molecule has 0 spiro atoms. The fraction of sp³-hybridized carbons (Fsp3) is 0.350. The van der Waals surface area contributed by atoms with Gasteiger partial charge in [0.25, 0.3) is 0 Å². The number of nitrogens with zero attached hydrogens (tertiary/aromatic N) is 3. The van der Waals surface area contributed by atoms with Crippen LogP contribution in [0.3, 0.4) is 0 Å². The van der Waals surface area contributed by atoms with Gasteiger partial charge in [-0.3, -0.25) is 4.98 Å². The molecule has 1 aromatic carbocycles. The SMILES string of the molecule is CC.COc1ccc2c(C)nc(CCc3cccnc3)nc2c1OC. The molecule has 3 aromatic rings. The lowest BCUT2D eigenvalue weighted by Crippen LogP contribution is -2.03. The Morgan fingerprint density at radius 2 is 1.76 bits per heavy atom. The number of methoxy groups -OCH3 is 2. The maximum absolute atomic E-state index is 5.50. The van der Waals surface area contributed by atoms with E-state index in [1.807, 2.05) is 45.2 Å². The summed E-state index contributed by atoms with van der Waals surface area (Å²) in [6.45, 7) is 5.99. The molecule has 0 unspecified atom stereocenters. The molecule has 2 aromatic heterocycles. The molecule has 0 saturated carbocycles. The van der Waals surface area contributed by atoms with E-state index in [1.54, 1.807) is 20.4 Å². The van der Waals surface area contributed by atoms with Crippen molar-refractivity contribution in [3.05, 3.63) is 53.7 Å². The van der Waals surface area contributed by atoms with Gasteiger partial charge in [-0.15, -0.1) is 0 Å². The van der Waals surface area contributed by atoms with E-state index < -0.39 is 0 Å². The average Bonchev–Trinajstić information content (AvgIpc) is 2.67. The molecule has 0 saturated heterocycles. The second-order valence-electron chi connectivity index (χ2n) is 5.28. The first kappa shape index (κ1) is 18.6. The predicted molar refractivity (Wildman–Crippen MR) is 100 cm³/mol. The van der Waals surface area contributed by atoms with Gasteiger partial charge in [-0.25, -0.2) is 9.97 Å². The standard InChI is InChI=1S/C18H19N3O2.C2H6/c1-12-14-7-8-15(22-2)18(23-3)17(14)21-16(20-12)9-6-13-5-4-10-19-11-13;1-2/h4-5,7-8,10-11H,6,9H2,1-3H3;1-2H3. The summed E-state index contributed by atoms with van der Waals surface area (Å²) in [5, 5.41) is 0.979. The molecule has 0 N–H and O–H groups in total.